The summed E-state index contributed by atoms with van der Waals surface area (Å²) in [6.07, 6.45) is 1.26. The van der Waals surface area contributed by atoms with Crippen molar-refractivity contribution in [3.05, 3.63) is 40.5 Å². The molecule has 1 atom stereocenters. The third-order valence-corrected chi connectivity index (χ3v) is 3.67. The van der Waals surface area contributed by atoms with E-state index in [1.807, 2.05) is 30.3 Å². The van der Waals surface area contributed by atoms with Crippen molar-refractivity contribution in [1.82, 2.24) is 4.98 Å². The highest BCUT2D eigenvalue weighted by Gasteiger charge is 2.14. The molecule has 1 aromatic heterocycles. The molecule has 1 heterocycles. The standard InChI is InChI=1S/C15H18BrNO/c1-10(2)7-8-14(18)15-12(16)9-11-5-3-4-6-13(11)17-15/h3-6,9-10,14,18H,7-8H2,1-2H3. The lowest BCUT2D eigenvalue weighted by Gasteiger charge is -2.14. The number of aliphatic hydroxyl groups excluding tert-OH is 1. The van der Waals surface area contributed by atoms with Crippen LogP contribution in [0.15, 0.2) is 34.8 Å². The fourth-order valence-electron chi connectivity index (χ4n) is 1.97. The van der Waals surface area contributed by atoms with E-state index in [0.717, 1.165) is 33.9 Å². The van der Waals surface area contributed by atoms with Crippen LogP contribution in [0.2, 0.25) is 0 Å². The molecular weight excluding hydrogens is 290 g/mol. The van der Waals surface area contributed by atoms with E-state index in [9.17, 15) is 5.11 Å². The molecule has 18 heavy (non-hydrogen) atoms. The van der Waals surface area contributed by atoms with Gasteiger partial charge in [0.05, 0.1) is 17.3 Å². The first kappa shape index (κ1) is 13.5. The van der Waals surface area contributed by atoms with Gasteiger partial charge in [-0.2, -0.15) is 0 Å². The third-order valence-electron chi connectivity index (χ3n) is 3.04. The summed E-state index contributed by atoms with van der Waals surface area (Å²) in [6.45, 7) is 4.32. The molecule has 0 bridgehead atoms. The molecule has 0 saturated carbocycles. The van der Waals surface area contributed by atoms with Gasteiger partial charge in [0.1, 0.15) is 0 Å². The predicted octanol–water partition coefficient (Wildman–Crippen LogP) is 4.47. The lowest BCUT2D eigenvalue weighted by molar-refractivity contribution is 0.154. The monoisotopic (exact) mass is 307 g/mol. The summed E-state index contributed by atoms with van der Waals surface area (Å²) in [6, 6.07) is 9.98. The minimum absolute atomic E-state index is 0.494. The zero-order valence-electron chi connectivity index (χ0n) is 10.7. The Morgan fingerprint density at radius 3 is 2.67 bits per heavy atom. The van der Waals surface area contributed by atoms with Gasteiger partial charge in [-0.3, -0.25) is 0 Å². The summed E-state index contributed by atoms with van der Waals surface area (Å²) in [5, 5.41) is 11.3. The predicted molar refractivity (Wildman–Crippen MR) is 78.5 cm³/mol. The molecule has 0 amide bonds. The molecule has 1 aromatic carbocycles. The Morgan fingerprint density at radius 2 is 1.94 bits per heavy atom. The summed E-state index contributed by atoms with van der Waals surface area (Å²) in [4.78, 5) is 4.56. The molecule has 0 spiro atoms. The van der Waals surface area contributed by atoms with Gasteiger partial charge in [-0.1, -0.05) is 32.0 Å². The summed E-state index contributed by atoms with van der Waals surface area (Å²) >= 11 is 3.50. The number of halogens is 1. The number of hydrogen-bond donors (Lipinski definition) is 1. The molecular formula is C15H18BrNO. The first-order chi connectivity index (χ1) is 8.58. The van der Waals surface area contributed by atoms with E-state index in [4.69, 9.17) is 0 Å². The molecule has 2 rings (SSSR count). The largest absolute Gasteiger partial charge is 0.387 e. The molecule has 2 nitrogen and oxygen atoms in total. The van der Waals surface area contributed by atoms with Gasteiger partial charge in [0.25, 0.3) is 0 Å². The number of para-hydroxylation sites is 1. The lowest BCUT2D eigenvalue weighted by Crippen LogP contribution is -2.03. The van der Waals surface area contributed by atoms with E-state index in [1.54, 1.807) is 0 Å². The highest BCUT2D eigenvalue weighted by molar-refractivity contribution is 9.10. The fourth-order valence-corrected chi connectivity index (χ4v) is 2.57. The van der Waals surface area contributed by atoms with Crippen LogP contribution in [0, 0.1) is 5.92 Å². The Bertz CT molecular complexity index is 539. The summed E-state index contributed by atoms with van der Waals surface area (Å²) < 4.78 is 0.887. The van der Waals surface area contributed by atoms with Gasteiger partial charge in [-0.25, -0.2) is 4.98 Å². The minimum atomic E-state index is -0.494. The fraction of sp³-hybridized carbons (Fsp3) is 0.400. The molecule has 96 valence electrons. The number of fused-ring (bicyclic) bond motifs is 1. The Kier molecular flexibility index (Phi) is 4.36. The molecule has 0 radical (unpaired) electrons. The minimum Gasteiger partial charge on any atom is -0.387 e. The van der Waals surface area contributed by atoms with Crippen molar-refractivity contribution in [3.63, 3.8) is 0 Å². The number of nitrogens with zero attached hydrogens (tertiary/aromatic N) is 1. The van der Waals surface area contributed by atoms with Crippen LogP contribution in [0.3, 0.4) is 0 Å². The molecule has 3 heteroatoms. The Labute approximate surface area is 116 Å². The van der Waals surface area contributed by atoms with Gasteiger partial charge < -0.3 is 5.11 Å². The maximum absolute atomic E-state index is 10.2. The number of aliphatic hydroxyl groups is 1. The summed E-state index contributed by atoms with van der Waals surface area (Å²) in [5.41, 5.74) is 1.67. The maximum atomic E-state index is 10.2. The van der Waals surface area contributed by atoms with Crippen molar-refractivity contribution in [2.75, 3.05) is 0 Å². The van der Waals surface area contributed by atoms with Crippen molar-refractivity contribution < 1.29 is 5.11 Å². The highest BCUT2D eigenvalue weighted by atomic mass is 79.9. The molecule has 1 unspecified atom stereocenters. The quantitative estimate of drug-likeness (QED) is 0.904. The van der Waals surface area contributed by atoms with Crippen LogP contribution in [0.25, 0.3) is 10.9 Å². The zero-order chi connectivity index (χ0) is 13.1. The second-order valence-electron chi connectivity index (χ2n) is 5.04. The highest BCUT2D eigenvalue weighted by Crippen LogP contribution is 2.28. The van der Waals surface area contributed by atoms with E-state index in [1.165, 1.54) is 0 Å². The molecule has 0 aliphatic carbocycles. The van der Waals surface area contributed by atoms with Crippen LogP contribution in [-0.2, 0) is 0 Å². The van der Waals surface area contributed by atoms with Gasteiger partial charge in [0.15, 0.2) is 0 Å². The van der Waals surface area contributed by atoms with Crippen LogP contribution in [-0.4, -0.2) is 10.1 Å². The molecule has 0 saturated heterocycles. The third kappa shape index (κ3) is 3.09. The van der Waals surface area contributed by atoms with Gasteiger partial charge in [-0.15, -0.1) is 0 Å². The zero-order valence-corrected chi connectivity index (χ0v) is 12.3. The van der Waals surface area contributed by atoms with Crippen LogP contribution >= 0.6 is 15.9 Å². The van der Waals surface area contributed by atoms with Crippen LogP contribution in [0.1, 0.15) is 38.5 Å². The number of hydrogen-bond acceptors (Lipinski definition) is 2. The van der Waals surface area contributed by atoms with Gasteiger partial charge in [0.2, 0.25) is 0 Å². The van der Waals surface area contributed by atoms with E-state index < -0.39 is 6.10 Å². The van der Waals surface area contributed by atoms with Crippen molar-refractivity contribution in [2.45, 2.75) is 32.8 Å². The molecule has 0 aliphatic heterocycles. The first-order valence-corrected chi connectivity index (χ1v) is 7.10. The van der Waals surface area contributed by atoms with Crippen LogP contribution in [0.5, 0.6) is 0 Å². The van der Waals surface area contributed by atoms with Crippen molar-refractivity contribution >= 4 is 26.8 Å². The number of benzene rings is 1. The topological polar surface area (TPSA) is 33.1 Å². The SMILES string of the molecule is CC(C)CCC(O)c1nc2ccccc2cc1Br. The van der Waals surface area contributed by atoms with Gasteiger partial charge in [-0.05, 0) is 46.8 Å². The van der Waals surface area contributed by atoms with Gasteiger partial charge >= 0.3 is 0 Å². The summed E-state index contributed by atoms with van der Waals surface area (Å²) in [7, 11) is 0. The Hall–Kier alpha value is -0.930. The Balaban J connectivity index is 2.29. The van der Waals surface area contributed by atoms with E-state index in [2.05, 4.69) is 34.8 Å². The maximum Gasteiger partial charge on any atom is 0.0971 e. The van der Waals surface area contributed by atoms with E-state index >= 15 is 0 Å². The molecule has 2 aromatic rings. The van der Waals surface area contributed by atoms with Gasteiger partial charge in [0, 0.05) is 9.86 Å². The average Bonchev–Trinajstić information content (AvgIpc) is 2.35. The Morgan fingerprint density at radius 1 is 1.22 bits per heavy atom. The number of aromatic nitrogens is 1. The number of rotatable bonds is 4. The average molecular weight is 308 g/mol. The second-order valence-corrected chi connectivity index (χ2v) is 5.89. The van der Waals surface area contributed by atoms with Crippen LogP contribution in [0.4, 0.5) is 0 Å². The van der Waals surface area contributed by atoms with Crippen LogP contribution < -0.4 is 0 Å². The van der Waals surface area contributed by atoms with E-state index in [-0.39, 0.29) is 0 Å². The first-order valence-electron chi connectivity index (χ1n) is 6.31. The summed E-state index contributed by atoms with van der Waals surface area (Å²) in [5.74, 6) is 0.596. The lowest BCUT2D eigenvalue weighted by atomic mass is 10.0. The van der Waals surface area contributed by atoms with Crippen molar-refractivity contribution in [2.24, 2.45) is 5.92 Å². The molecule has 1 N–H and O–H groups in total. The second kappa shape index (κ2) is 5.81. The van der Waals surface area contributed by atoms with Crippen molar-refractivity contribution in [3.8, 4) is 0 Å². The molecule has 0 aliphatic rings. The normalized spacial score (nSPS) is 13.2. The van der Waals surface area contributed by atoms with Crippen molar-refractivity contribution in [1.29, 1.82) is 0 Å². The van der Waals surface area contributed by atoms with E-state index in [0.29, 0.717) is 5.92 Å². The number of pyridine rings is 1. The smallest absolute Gasteiger partial charge is 0.0971 e. The molecule has 0 fully saturated rings.